The number of aryl methyl sites for hydroxylation is 2. The van der Waals surface area contributed by atoms with E-state index >= 15 is 0 Å². The zero-order valence-corrected chi connectivity index (χ0v) is 12.6. The van der Waals surface area contributed by atoms with Crippen LogP contribution in [0.1, 0.15) is 11.4 Å². The van der Waals surface area contributed by atoms with Gasteiger partial charge < -0.3 is 0 Å². The lowest BCUT2D eigenvalue weighted by Crippen LogP contribution is -1.99. The highest BCUT2D eigenvalue weighted by atomic mass is 32.1. The van der Waals surface area contributed by atoms with Crippen LogP contribution >= 0.6 is 11.3 Å². The lowest BCUT2D eigenvalue weighted by molar-refractivity contribution is 0.793. The molecule has 0 saturated carbocycles. The highest BCUT2D eigenvalue weighted by molar-refractivity contribution is 7.19. The Hall–Kier alpha value is -2.60. The number of pyridine rings is 1. The smallest absolute Gasteiger partial charge is 0.234 e. The molecule has 0 fully saturated rings. The van der Waals surface area contributed by atoms with E-state index in [1.165, 1.54) is 16.9 Å². The Morgan fingerprint density at radius 3 is 2.68 bits per heavy atom. The van der Waals surface area contributed by atoms with Gasteiger partial charge in [0.1, 0.15) is 5.01 Å². The van der Waals surface area contributed by atoms with Crippen molar-refractivity contribution in [2.45, 2.75) is 12.8 Å². The van der Waals surface area contributed by atoms with Crippen LogP contribution in [0.4, 0.5) is 0 Å². The van der Waals surface area contributed by atoms with E-state index in [0.29, 0.717) is 0 Å². The molecule has 0 aliphatic rings. The molecular formula is C16H13N5S. The van der Waals surface area contributed by atoms with Crippen molar-refractivity contribution < 1.29 is 0 Å². The van der Waals surface area contributed by atoms with E-state index in [4.69, 9.17) is 0 Å². The number of hydrogen-bond acceptors (Lipinski definition) is 5. The van der Waals surface area contributed by atoms with Gasteiger partial charge in [0.15, 0.2) is 5.82 Å². The van der Waals surface area contributed by atoms with Crippen molar-refractivity contribution in [2.24, 2.45) is 0 Å². The second-order valence-corrected chi connectivity index (χ2v) is 5.90. The third-order valence-corrected chi connectivity index (χ3v) is 4.39. The summed E-state index contributed by atoms with van der Waals surface area (Å²) in [7, 11) is 0. The summed E-state index contributed by atoms with van der Waals surface area (Å²) in [6.45, 7) is 0. The fourth-order valence-electron chi connectivity index (χ4n) is 2.32. The molecule has 0 unspecified atom stereocenters. The van der Waals surface area contributed by atoms with Gasteiger partial charge in [-0.15, -0.1) is 10.2 Å². The molecule has 0 N–H and O–H groups in total. The minimum atomic E-state index is 0.821. The van der Waals surface area contributed by atoms with Gasteiger partial charge in [-0.3, -0.25) is 4.98 Å². The predicted octanol–water partition coefficient (Wildman–Crippen LogP) is 3.03. The van der Waals surface area contributed by atoms with Crippen LogP contribution < -0.4 is 0 Å². The normalized spacial score (nSPS) is 11.1. The topological polar surface area (TPSA) is 56.0 Å². The fraction of sp³-hybridized carbons (Fsp3) is 0.125. The molecule has 3 aromatic heterocycles. The minimum Gasteiger partial charge on any atom is -0.264 e. The van der Waals surface area contributed by atoms with E-state index in [2.05, 4.69) is 44.5 Å². The molecule has 5 nitrogen and oxygen atoms in total. The van der Waals surface area contributed by atoms with Crippen LogP contribution in [-0.2, 0) is 12.8 Å². The van der Waals surface area contributed by atoms with E-state index in [1.54, 1.807) is 6.20 Å². The number of aromatic nitrogens is 5. The van der Waals surface area contributed by atoms with Crippen LogP contribution in [0.2, 0.25) is 0 Å². The third-order valence-electron chi connectivity index (χ3n) is 3.44. The molecular weight excluding hydrogens is 294 g/mol. The lowest BCUT2D eigenvalue weighted by Gasteiger charge is -1.98. The Bertz CT molecular complexity index is 883. The summed E-state index contributed by atoms with van der Waals surface area (Å²) in [5.41, 5.74) is 2.30. The van der Waals surface area contributed by atoms with Gasteiger partial charge in [-0.05, 0) is 24.1 Å². The van der Waals surface area contributed by atoms with Crippen LogP contribution in [0.25, 0.3) is 15.5 Å². The minimum absolute atomic E-state index is 0.821. The number of hydrogen-bond donors (Lipinski definition) is 0. The predicted molar refractivity (Wildman–Crippen MR) is 85.7 cm³/mol. The van der Waals surface area contributed by atoms with Crippen molar-refractivity contribution in [2.75, 3.05) is 0 Å². The van der Waals surface area contributed by atoms with Gasteiger partial charge in [-0.1, -0.05) is 41.7 Å². The maximum absolute atomic E-state index is 4.63. The number of nitrogens with zero attached hydrogens (tertiary/aromatic N) is 5. The molecule has 22 heavy (non-hydrogen) atoms. The summed E-state index contributed by atoms with van der Waals surface area (Å²) >= 11 is 1.53. The molecule has 108 valence electrons. The molecule has 0 atom stereocenters. The molecule has 6 heteroatoms. The van der Waals surface area contributed by atoms with Crippen molar-refractivity contribution in [3.8, 4) is 10.6 Å². The molecule has 4 rings (SSSR count). The Labute approximate surface area is 131 Å². The molecule has 1 aromatic carbocycles. The SMILES string of the molecule is c1ccc(CCc2nnc3sc(-c4cccnc4)nn23)cc1. The molecule has 4 aromatic rings. The van der Waals surface area contributed by atoms with Crippen LogP contribution in [-0.4, -0.2) is 24.8 Å². The maximum Gasteiger partial charge on any atom is 0.234 e. The van der Waals surface area contributed by atoms with E-state index in [9.17, 15) is 0 Å². The average Bonchev–Trinajstić information content (AvgIpc) is 3.16. The summed E-state index contributed by atoms with van der Waals surface area (Å²) in [4.78, 5) is 4.96. The first kappa shape index (κ1) is 13.1. The lowest BCUT2D eigenvalue weighted by atomic mass is 10.1. The van der Waals surface area contributed by atoms with E-state index in [-0.39, 0.29) is 0 Å². The zero-order chi connectivity index (χ0) is 14.8. The second kappa shape index (κ2) is 5.65. The summed E-state index contributed by atoms with van der Waals surface area (Å²) < 4.78 is 1.84. The zero-order valence-electron chi connectivity index (χ0n) is 11.8. The van der Waals surface area contributed by atoms with Crippen LogP contribution in [0.15, 0.2) is 54.9 Å². The standard InChI is InChI=1S/C16H13N5S/c1-2-5-12(6-3-1)8-9-14-18-19-16-21(14)20-15(22-16)13-7-4-10-17-11-13/h1-7,10-11H,8-9H2. The Kier molecular flexibility index (Phi) is 3.36. The molecule has 0 spiro atoms. The van der Waals surface area contributed by atoms with Crippen LogP contribution in [0.3, 0.4) is 0 Å². The first-order valence-electron chi connectivity index (χ1n) is 7.05. The fourth-order valence-corrected chi connectivity index (χ4v) is 3.17. The van der Waals surface area contributed by atoms with Gasteiger partial charge >= 0.3 is 0 Å². The molecule has 0 aliphatic carbocycles. The van der Waals surface area contributed by atoms with E-state index in [0.717, 1.165) is 34.2 Å². The number of benzene rings is 1. The molecule has 0 saturated heterocycles. The highest BCUT2D eigenvalue weighted by Crippen LogP contribution is 2.24. The van der Waals surface area contributed by atoms with Crippen LogP contribution in [0.5, 0.6) is 0 Å². The Morgan fingerprint density at radius 1 is 0.955 bits per heavy atom. The Morgan fingerprint density at radius 2 is 1.86 bits per heavy atom. The molecule has 0 amide bonds. The van der Waals surface area contributed by atoms with Crippen molar-refractivity contribution in [3.63, 3.8) is 0 Å². The van der Waals surface area contributed by atoms with Gasteiger partial charge in [0.25, 0.3) is 0 Å². The highest BCUT2D eigenvalue weighted by Gasteiger charge is 2.12. The first-order valence-corrected chi connectivity index (χ1v) is 7.87. The van der Waals surface area contributed by atoms with E-state index < -0.39 is 0 Å². The number of fused-ring (bicyclic) bond motifs is 1. The van der Waals surface area contributed by atoms with Crippen molar-refractivity contribution in [1.82, 2.24) is 24.8 Å². The molecule has 0 bridgehead atoms. The van der Waals surface area contributed by atoms with Gasteiger partial charge in [-0.25, -0.2) is 0 Å². The van der Waals surface area contributed by atoms with E-state index in [1.807, 2.05) is 28.9 Å². The van der Waals surface area contributed by atoms with Crippen molar-refractivity contribution >= 4 is 16.3 Å². The molecule has 3 heterocycles. The van der Waals surface area contributed by atoms with Gasteiger partial charge in [0.2, 0.25) is 4.96 Å². The van der Waals surface area contributed by atoms with Gasteiger partial charge in [-0.2, -0.15) is 9.61 Å². The first-order chi connectivity index (χ1) is 10.9. The third kappa shape index (κ3) is 2.48. The average molecular weight is 307 g/mol. The maximum atomic E-state index is 4.63. The monoisotopic (exact) mass is 307 g/mol. The van der Waals surface area contributed by atoms with Crippen molar-refractivity contribution in [3.05, 3.63) is 66.2 Å². The summed E-state index contributed by atoms with van der Waals surface area (Å²) in [5.74, 6) is 0.894. The molecule has 0 aliphatic heterocycles. The molecule has 0 radical (unpaired) electrons. The summed E-state index contributed by atoms with van der Waals surface area (Å²) in [5, 5.41) is 14.0. The second-order valence-electron chi connectivity index (χ2n) is 4.95. The van der Waals surface area contributed by atoms with Gasteiger partial charge in [0.05, 0.1) is 0 Å². The number of rotatable bonds is 4. The summed E-state index contributed by atoms with van der Waals surface area (Å²) in [6.07, 6.45) is 5.33. The quantitative estimate of drug-likeness (QED) is 0.581. The largest absolute Gasteiger partial charge is 0.264 e. The van der Waals surface area contributed by atoms with Crippen LogP contribution in [0, 0.1) is 0 Å². The van der Waals surface area contributed by atoms with Crippen molar-refractivity contribution in [1.29, 1.82) is 0 Å². The van der Waals surface area contributed by atoms with Gasteiger partial charge in [0, 0.05) is 24.4 Å². The Balaban J connectivity index is 1.61. The summed E-state index contributed by atoms with van der Waals surface area (Å²) in [6, 6.07) is 14.3.